The Morgan fingerprint density at radius 3 is 2.14 bits per heavy atom. The fraction of sp³-hybridized carbons (Fsp3) is 0.577. The smallest absolute Gasteiger partial charge is 0.137 e. The fourth-order valence-electron chi connectivity index (χ4n) is 3.52. The Morgan fingerprint density at radius 1 is 0.793 bits per heavy atom. The van der Waals surface area contributed by atoms with Crippen molar-refractivity contribution in [3.8, 4) is 17.0 Å². The molecule has 1 aromatic heterocycles. The number of unbranched alkanes of at least 4 members (excludes halogenated alkanes) is 9. The number of aryl methyl sites for hydroxylation is 1. The van der Waals surface area contributed by atoms with E-state index in [0.717, 1.165) is 36.5 Å². The van der Waals surface area contributed by atoms with Gasteiger partial charge in [-0.3, -0.25) is 4.98 Å². The van der Waals surface area contributed by atoms with E-state index in [2.05, 4.69) is 31.0 Å². The van der Waals surface area contributed by atoms with Gasteiger partial charge >= 0.3 is 0 Å². The maximum absolute atomic E-state index is 6.44. The zero-order chi connectivity index (χ0) is 20.7. The third-order valence-electron chi connectivity index (χ3n) is 5.38. The highest BCUT2D eigenvalue weighted by molar-refractivity contribution is 6.32. The summed E-state index contributed by atoms with van der Waals surface area (Å²) in [6.07, 6.45) is 17.2. The zero-order valence-electron chi connectivity index (χ0n) is 18.4. The van der Waals surface area contributed by atoms with Crippen LogP contribution in [0, 0.1) is 0 Å². The van der Waals surface area contributed by atoms with Crippen molar-refractivity contribution in [1.29, 1.82) is 0 Å². The monoisotopic (exact) mass is 415 g/mol. The second-order valence-corrected chi connectivity index (χ2v) is 8.38. The van der Waals surface area contributed by atoms with Crippen LogP contribution >= 0.6 is 11.6 Å². The highest BCUT2D eigenvalue weighted by Crippen LogP contribution is 2.30. The molecule has 0 bridgehead atoms. The van der Waals surface area contributed by atoms with Gasteiger partial charge in [0.15, 0.2) is 0 Å². The van der Waals surface area contributed by atoms with Crippen LogP contribution in [0.4, 0.5) is 0 Å². The van der Waals surface area contributed by atoms with Gasteiger partial charge < -0.3 is 4.74 Å². The van der Waals surface area contributed by atoms with Crippen molar-refractivity contribution in [2.75, 3.05) is 6.61 Å². The standard InChI is InChI=1S/C26H38ClNO/c1-3-5-7-9-10-12-14-22-15-17-25(28-21-22)23-16-18-26(24(27)20-23)29-19-13-11-8-6-4-2/h15-18,20-21H,3-14,19H2,1-2H3. The maximum Gasteiger partial charge on any atom is 0.137 e. The van der Waals surface area contributed by atoms with Crippen LogP contribution < -0.4 is 4.74 Å². The average molecular weight is 416 g/mol. The van der Waals surface area contributed by atoms with Gasteiger partial charge in [0.2, 0.25) is 0 Å². The third kappa shape index (κ3) is 9.21. The number of aromatic nitrogens is 1. The molecule has 0 N–H and O–H groups in total. The Labute approximate surface area is 183 Å². The predicted molar refractivity (Wildman–Crippen MR) is 126 cm³/mol. The summed E-state index contributed by atoms with van der Waals surface area (Å²) in [6.45, 7) is 5.22. The first kappa shape index (κ1) is 23.7. The molecule has 0 amide bonds. The molecule has 1 aromatic carbocycles. The number of hydrogen-bond donors (Lipinski definition) is 0. The van der Waals surface area contributed by atoms with E-state index >= 15 is 0 Å². The fourth-order valence-corrected chi connectivity index (χ4v) is 3.75. The summed E-state index contributed by atoms with van der Waals surface area (Å²) in [5.41, 5.74) is 3.32. The first-order chi connectivity index (χ1) is 14.2. The zero-order valence-corrected chi connectivity index (χ0v) is 19.1. The summed E-state index contributed by atoms with van der Waals surface area (Å²) in [6, 6.07) is 10.3. The molecule has 0 spiro atoms. The molecule has 160 valence electrons. The molecule has 0 atom stereocenters. The normalized spacial score (nSPS) is 11.0. The molecule has 0 aliphatic carbocycles. The molecule has 0 saturated carbocycles. The Kier molecular flexibility index (Phi) is 11.8. The van der Waals surface area contributed by atoms with E-state index in [1.54, 1.807) is 0 Å². The van der Waals surface area contributed by atoms with Crippen molar-refractivity contribution in [3.63, 3.8) is 0 Å². The molecular weight excluding hydrogens is 378 g/mol. The maximum atomic E-state index is 6.44. The van der Waals surface area contributed by atoms with Crippen molar-refractivity contribution in [3.05, 3.63) is 47.1 Å². The molecule has 0 radical (unpaired) electrons. The summed E-state index contributed by atoms with van der Waals surface area (Å²) in [4.78, 5) is 4.65. The van der Waals surface area contributed by atoms with Gasteiger partial charge in [-0.25, -0.2) is 0 Å². The number of rotatable bonds is 15. The van der Waals surface area contributed by atoms with E-state index in [4.69, 9.17) is 16.3 Å². The van der Waals surface area contributed by atoms with Gasteiger partial charge in [0, 0.05) is 11.8 Å². The van der Waals surface area contributed by atoms with Crippen LogP contribution in [0.25, 0.3) is 11.3 Å². The van der Waals surface area contributed by atoms with Crippen molar-refractivity contribution >= 4 is 11.6 Å². The van der Waals surface area contributed by atoms with Gasteiger partial charge in [-0.1, -0.05) is 89.3 Å². The molecule has 0 fully saturated rings. The van der Waals surface area contributed by atoms with Gasteiger partial charge in [0.25, 0.3) is 0 Å². The summed E-state index contributed by atoms with van der Waals surface area (Å²) < 4.78 is 5.85. The van der Waals surface area contributed by atoms with E-state index in [0.29, 0.717) is 5.02 Å². The second kappa shape index (κ2) is 14.4. The van der Waals surface area contributed by atoms with E-state index in [1.807, 2.05) is 24.4 Å². The Morgan fingerprint density at radius 2 is 1.48 bits per heavy atom. The predicted octanol–water partition coefficient (Wildman–Crippen LogP) is 8.65. The molecule has 0 aliphatic rings. The topological polar surface area (TPSA) is 22.1 Å². The van der Waals surface area contributed by atoms with Gasteiger partial charge in [-0.2, -0.15) is 0 Å². The van der Waals surface area contributed by atoms with Crippen LogP contribution in [-0.4, -0.2) is 11.6 Å². The number of ether oxygens (including phenoxy) is 1. The van der Waals surface area contributed by atoms with Crippen molar-refractivity contribution in [2.24, 2.45) is 0 Å². The molecule has 3 heteroatoms. The van der Waals surface area contributed by atoms with Crippen LogP contribution in [-0.2, 0) is 6.42 Å². The minimum absolute atomic E-state index is 0.661. The van der Waals surface area contributed by atoms with Crippen molar-refractivity contribution in [1.82, 2.24) is 4.98 Å². The summed E-state index contributed by atoms with van der Waals surface area (Å²) in [7, 11) is 0. The lowest BCUT2D eigenvalue weighted by Crippen LogP contribution is -1.98. The van der Waals surface area contributed by atoms with E-state index < -0.39 is 0 Å². The number of hydrogen-bond acceptors (Lipinski definition) is 2. The van der Waals surface area contributed by atoms with Gasteiger partial charge in [0.05, 0.1) is 17.3 Å². The lowest BCUT2D eigenvalue weighted by molar-refractivity contribution is 0.305. The summed E-state index contributed by atoms with van der Waals surface area (Å²) in [5, 5.41) is 0.661. The number of nitrogens with zero attached hydrogens (tertiary/aromatic N) is 1. The van der Waals surface area contributed by atoms with Crippen LogP contribution in [0.5, 0.6) is 5.75 Å². The molecule has 0 saturated heterocycles. The number of benzene rings is 1. The lowest BCUT2D eigenvalue weighted by Gasteiger charge is -2.10. The number of pyridine rings is 1. The summed E-state index contributed by atoms with van der Waals surface area (Å²) in [5.74, 6) is 0.769. The first-order valence-electron chi connectivity index (χ1n) is 11.6. The van der Waals surface area contributed by atoms with Crippen LogP contribution in [0.3, 0.4) is 0 Å². The molecule has 2 aromatic rings. The van der Waals surface area contributed by atoms with Crippen LogP contribution in [0.1, 0.15) is 90.0 Å². The van der Waals surface area contributed by atoms with Gasteiger partial charge in [0.1, 0.15) is 5.75 Å². The number of halogens is 1. The molecule has 1 heterocycles. The minimum Gasteiger partial charge on any atom is -0.492 e. The van der Waals surface area contributed by atoms with Crippen molar-refractivity contribution < 1.29 is 4.74 Å². The average Bonchev–Trinajstić information content (AvgIpc) is 2.74. The third-order valence-corrected chi connectivity index (χ3v) is 5.67. The Balaban J connectivity index is 1.78. The SMILES string of the molecule is CCCCCCCCc1ccc(-c2ccc(OCCCCCCC)c(Cl)c2)nc1. The van der Waals surface area contributed by atoms with Crippen LogP contribution in [0.2, 0.25) is 5.02 Å². The minimum atomic E-state index is 0.661. The quantitative estimate of drug-likeness (QED) is 0.271. The summed E-state index contributed by atoms with van der Waals surface area (Å²) >= 11 is 6.44. The largest absolute Gasteiger partial charge is 0.492 e. The van der Waals surface area contributed by atoms with E-state index in [1.165, 1.54) is 69.8 Å². The first-order valence-corrected chi connectivity index (χ1v) is 12.0. The van der Waals surface area contributed by atoms with Crippen molar-refractivity contribution in [2.45, 2.75) is 90.9 Å². The molecule has 0 unspecified atom stereocenters. The molecular formula is C26H38ClNO. The molecule has 29 heavy (non-hydrogen) atoms. The van der Waals surface area contributed by atoms with E-state index in [9.17, 15) is 0 Å². The van der Waals surface area contributed by atoms with Crippen LogP contribution in [0.15, 0.2) is 36.5 Å². The molecule has 0 aliphatic heterocycles. The van der Waals surface area contributed by atoms with Gasteiger partial charge in [-0.05, 0) is 49.1 Å². The Hall–Kier alpha value is -1.54. The Bertz CT molecular complexity index is 684. The van der Waals surface area contributed by atoms with E-state index in [-0.39, 0.29) is 0 Å². The molecule has 2 nitrogen and oxygen atoms in total. The highest BCUT2D eigenvalue weighted by atomic mass is 35.5. The lowest BCUT2D eigenvalue weighted by atomic mass is 10.0. The second-order valence-electron chi connectivity index (χ2n) is 7.98. The molecule has 2 rings (SSSR count). The van der Waals surface area contributed by atoms with Gasteiger partial charge in [-0.15, -0.1) is 0 Å². The highest BCUT2D eigenvalue weighted by Gasteiger charge is 2.06.